The van der Waals surface area contributed by atoms with Crippen molar-refractivity contribution in [1.29, 1.82) is 0 Å². The number of hydrogen-bond donors (Lipinski definition) is 1. The lowest BCUT2D eigenvalue weighted by Gasteiger charge is -2.34. The summed E-state index contributed by atoms with van der Waals surface area (Å²) in [6, 6.07) is 0. The van der Waals surface area contributed by atoms with Gasteiger partial charge in [-0.3, -0.25) is 0 Å². The molecule has 0 bridgehead atoms. The van der Waals surface area contributed by atoms with Crippen molar-refractivity contribution in [2.75, 3.05) is 19.6 Å². The maximum absolute atomic E-state index is 9.47. The van der Waals surface area contributed by atoms with Crippen LogP contribution in [0.25, 0.3) is 0 Å². The maximum atomic E-state index is 9.47. The zero-order chi connectivity index (χ0) is 8.97. The molecule has 1 aliphatic heterocycles. The molecule has 1 aliphatic rings. The van der Waals surface area contributed by atoms with Crippen LogP contribution >= 0.6 is 0 Å². The SMILES string of the molecule is C=CCCN1CCC(O)C(C)C1. The van der Waals surface area contributed by atoms with Crippen LogP contribution in [0.1, 0.15) is 19.8 Å². The van der Waals surface area contributed by atoms with Crippen LogP contribution in [-0.2, 0) is 0 Å². The fraction of sp³-hybridized carbons (Fsp3) is 0.800. The van der Waals surface area contributed by atoms with Gasteiger partial charge in [0.25, 0.3) is 0 Å². The number of rotatable bonds is 3. The van der Waals surface area contributed by atoms with E-state index in [0.717, 1.165) is 32.5 Å². The first-order chi connectivity index (χ1) is 5.74. The molecule has 12 heavy (non-hydrogen) atoms. The summed E-state index contributed by atoms with van der Waals surface area (Å²) in [5.41, 5.74) is 0. The molecule has 0 aliphatic carbocycles. The van der Waals surface area contributed by atoms with E-state index in [-0.39, 0.29) is 6.10 Å². The normalized spacial score (nSPS) is 31.8. The summed E-state index contributed by atoms with van der Waals surface area (Å²) in [4.78, 5) is 2.40. The third-order valence-corrected chi connectivity index (χ3v) is 2.59. The van der Waals surface area contributed by atoms with Gasteiger partial charge in [0, 0.05) is 19.6 Å². The first-order valence-electron chi connectivity index (χ1n) is 4.75. The Balaban J connectivity index is 2.25. The predicted octanol–water partition coefficient (Wildman–Crippen LogP) is 1.27. The smallest absolute Gasteiger partial charge is 0.0590 e. The molecular formula is C10H19NO. The second-order valence-electron chi connectivity index (χ2n) is 3.71. The third kappa shape index (κ3) is 2.61. The molecule has 2 heteroatoms. The van der Waals surface area contributed by atoms with E-state index < -0.39 is 0 Å². The van der Waals surface area contributed by atoms with Crippen LogP contribution in [0.2, 0.25) is 0 Å². The average molecular weight is 169 g/mol. The van der Waals surface area contributed by atoms with E-state index in [2.05, 4.69) is 18.4 Å². The Morgan fingerprint density at radius 2 is 2.42 bits per heavy atom. The fourth-order valence-corrected chi connectivity index (χ4v) is 1.70. The minimum Gasteiger partial charge on any atom is -0.393 e. The van der Waals surface area contributed by atoms with E-state index in [4.69, 9.17) is 0 Å². The van der Waals surface area contributed by atoms with Crippen LogP contribution in [0, 0.1) is 5.92 Å². The lowest BCUT2D eigenvalue weighted by Crippen LogP contribution is -2.42. The van der Waals surface area contributed by atoms with E-state index in [9.17, 15) is 5.11 Å². The van der Waals surface area contributed by atoms with Crippen LogP contribution < -0.4 is 0 Å². The molecule has 1 fully saturated rings. The Kier molecular flexibility index (Phi) is 3.76. The van der Waals surface area contributed by atoms with Gasteiger partial charge < -0.3 is 10.0 Å². The average Bonchev–Trinajstić information content (AvgIpc) is 2.07. The number of likely N-dealkylation sites (tertiary alicyclic amines) is 1. The summed E-state index contributed by atoms with van der Waals surface area (Å²) < 4.78 is 0. The van der Waals surface area contributed by atoms with Gasteiger partial charge in [-0.25, -0.2) is 0 Å². The van der Waals surface area contributed by atoms with Gasteiger partial charge in [-0.2, -0.15) is 0 Å². The standard InChI is InChI=1S/C10H19NO/c1-3-4-6-11-7-5-10(12)9(2)8-11/h3,9-10,12H,1,4-8H2,2H3. The van der Waals surface area contributed by atoms with Gasteiger partial charge in [-0.05, 0) is 18.8 Å². The summed E-state index contributed by atoms with van der Waals surface area (Å²) in [5, 5.41) is 9.47. The molecule has 1 saturated heterocycles. The Labute approximate surface area is 74.9 Å². The number of aliphatic hydroxyl groups is 1. The molecule has 1 heterocycles. The molecule has 2 nitrogen and oxygen atoms in total. The molecule has 70 valence electrons. The van der Waals surface area contributed by atoms with Crippen LogP contribution in [0.3, 0.4) is 0 Å². The largest absolute Gasteiger partial charge is 0.393 e. The predicted molar refractivity (Wildman–Crippen MR) is 51.0 cm³/mol. The lowest BCUT2D eigenvalue weighted by molar-refractivity contribution is 0.0358. The van der Waals surface area contributed by atoms with Gasteiger partial charge >= 0.3 is 0 Å². The van der Waals surface area contributed by atoms with Crippen LogP contribution in [0.15, 0.2) is 12.7 Å². The highest BCUT2D eigenvalue weighted by atomic mass is 16.3. The van der Waals surface area contributed by atoms with Crippen molar-refractivity contribution in [2.24, 2.45) is 5.92 Å². The Hall–Kier alpha value is -0.340. The highest BCUT2D eigenvalue weighted by molar-refractivity contribution is 4.78. The number of piperidine rings is 1. The molecule has 0 aromatic carbocycles. The van der Waals surface area contributed by atoms with Gasteiger partial charge in [0.2, 0.25) is 0 Å². The van der Waals surface area contributed by atoms with Gasteiger partial charge in [-0.1, -0.05) is 13.0 Å². The van der Waals surface area contributed by atoms with Crippen molar-refractivity contribution in [3.63, 3.8) is 0 Å². The van der Waals surface area contributed by atoms with Crippen molar-refractivity contribution in [2.45, 2.75) is 25.9 Å². The molecular weight excluding hydrogens is 150 g/mol. The van der Waals surface area contributed by atoms with Crippen molar-refractivity contribution in [3.05, 3.63) is 12.7 Å². The molecule has 2 atom stereocenters. The topological polar surface area (TPSA) is 23.5 Å². The molecule has 0 aromatic rings. The third-order valence-electron chi connectivity index (χ3n) is 2.59. The Bertz CT molecular complexity index is 147. The maximum Gasteiger partial charge on any atom is 0.0590 e. The Morgan fingerprint density at radius 3 is 3.00 bits per heavy atom. The fourth-order valence-electron chi connectivity index (χ4n) is 1.70. The molecule has 0 spiro atoms. The molecule has 0 radical (unpaired) electrons. The minimum atomic E-state index is -0.0787. The van der Waals surface area contributed by atoms with Gasteiger partial charge in [0.05, 0.1) is 6.10 Å². The second-order valence-corrected chi connectivity index (χ2v) is 3.71. The van der Waals surface area contributed by atoms with Gasteiger partial charge in [0.15, 0.2) is 0 Å². The van der Waals surface area contributed by atoms with Gasteiger partial charge in [-0.15, -0.1) is 6.58 Å². The minimum absolute atomic E-state index is 0.0787. The first-order valence-corrected chi connectivity index (χ1v) is 4.75. The van der Waals surface area contributed by atoms with Crippen molar-refractivity contribution in [1.82, 2.24) is 4.90 Å². The summed E-state index contributed by atoms with van der Waals surface area (Å²) >= 11 is 0. The first kappa shape index (κ1) is 9.75. The highest BCUT2D eigenvalue weighted by Crippen LogP contribution is 2.16. The molecule has 0 aromatic heterocycles. The molecule has 2 unspecified atom stereocenters. The summed E-state index contributed by atoms with van der Waals surface area (Å²) in [5.74, 6) is 0.434. The summed E-state index contributed by atoms with van der Waals surface area (Å²) in [6.45, 7) is 8.99. The van der Waals surface area contributed by atoms with Crippen LogP contribution in [0.5, 0.6) is 0 Å². The van der Waals surface area contributed by atoms with Crippen molar-refractivity contribution >= 4 is 0 Å². The molecule has 1 N–H and O–H groups in total. The number of aliphatic hydroxyl groups excluding tert-OH is 1. The van der Waals surface area contributed by atoms with E-state index in [0.29, 0.717) is 5.92 Å². The van der Waals surface area contributed by atoms with E-state index in [1.807, 2.05) is 6.08 Å². The Morgan fingerprint density at radius 1 is 1.67 bits per heavy atom. The van der Waals surface area contributed by atoms with E-state index >= 15 is 0 Å². The number of nitrogens with zero attached hydrogens (tertiary/aromatic N) is 1. The summed E-state index contributed by atoms with van der Waals surface area (Å²) in [7, 11) is 0. The lowest BCUT2D eigenvalue weighted by atomic mass is 9.97. The van der Waals surface area contributed by atoms with E-state index in [1.54, 1.807) is 0 Å². The molecule has 0 amide bonds. The molecule has 1 rings (SSSR count). The zero-order valence-electron chi connectivity index (χ0n) is 7.87. The number of hydrogen-bond acceptors (Lipinski definition) is 2. The second kappa shape index (κ2) is 4.63. The van der Waals surface area contributed by atoms with Crippen LogP contribution in [-0.4, -0.2) is 35.7 Å². The van der Waals surface area contributed by atoms with Crippen molar-refractivity contribution in [3.8, 4) is 0 Å². The van der Waals surface area contributed by atoms with Crippen molar-refractivity contribution < 1.29 is 5.11 Å². The van der Waals surface area contributed by atoms with Gasteiger partial charge in [0.1, 0.15) is 0 Å². The quantitative estimate of drug-likeness (QED) is 0.643. The van der Waals surface area contributed by atoms with Crippen LogP contribution in [0.4, 0.5) is 0 Å². The van der Waals surface area contributed by atoms with E-state index in [1.165, 1.54) is 0 Å². The molecule has 0 saturated carbocycles. The highest BCUT2D eigenvalue weighted by Gasteiger charge is 2.23. The zero-order valence-corrected chi connectivity index (χ0v) is 7.87. The monoisotopic (exact) mass is 169 g/mol. The summed E-state index contributed by atoms with van der Waals surface area (Å²) in [6.07, 6.45) is 3.86.